The van der Waals surface area contributed by atoms with Crippen LogP contribution >= 0.6 is 23.2 Å². The monoisotopic (exact) mass is 374 g/mol. The van der Waals surface area contributed by atoms with Crippen LogP contribution in [0.3, 0.4) is 0 Å². The zero-order chi connectivity index (χ0) is 17.6. The van der Waals surface area contributed by atoms with Gasteiger partial charge in [0.1, 0.15) is 12.3 Å². The van der Waals surface area contributed by atoms with E-state index in [1.807, 2.05) is 48.5 Å². The summed E-state index contributed by atoms with van der Waals surface area (Å²) in [5, 5.41) is 1.33. The molecule has 3 aromatic rings. The maximum atomic E-state index is 6.00. The molecule has 1 heterocycles. The topological polar surface area (TPSA) is 44.2 Å². The van der Waals surface area contributed by atoms with Gasteiger partial charge in [-0.05, 0) is 24.3 Å². The summed E-state index contributed by atoms with van der Waals surface area (Å²) in [4.78, 5) is 9.18. The van der Waals surface area contributed by atoms with E-state index in [-0.39, 0.29) is 0 Å². The first-order chi connectivity index (χ1) is 12.2. The first-order valence-corrected chi connectivity index (χ1v) is 8.43. The Morgan fingerprint density at radius 1 is 0.800 bits per heavy atom. The van der Waals surface area contributed by atoms with Crippen molar-refractivity contribution in [3.63, 3.8) is 0 Å². The van der Waals surface area contributed by atoms with E-state index in [0.29, 0.717) is 34.8 Å². The predicted molar refractivity (Wildman–Crippen MR) is 100 cm³/mol. The molecule has 0 bridgehead atoms. The molecular weight excluding hydrogens is 359 g/mol. The van der Waals surface area contributed by atoms with Crippen molar-refractivity contribution < 1.29 is 9.47 Å². The van der Waals surface area contributed by atoms with Crippen LogP contribution < -0.4 is 4.74 Å². The van der Waals surface area contributed by atoms with Gasteiger partial charge in [-0.25, -0.2) is 9.97 Å². The van der Waals surface area contributed by atoms with Crippen LogP contribution in [0.25, 0.3) is 22.5 Å². The summed E-state index contributed by atoms with van der Waals surface area (Å²) in [6.45, 7) is 0.891. The van der Waals surface area contributed by atoms with Crippen molar-refractivity contribution in [1.82, 2.24) is 9.97 Å². The molecular formula is C19H16Cl2N2O2. The van der Waals surface area contributed by atoms with Crippen molar-refractivity contribution in [2.24, 2.45) is 0 Å². The lowest BCUT2D eigenvalue weighted by atomic mass is 10.0. The molecule has 0 aliphatic rings. The molecule has 4 nitrogen and oxygen atoms in total. The summed E-state index contributed by atoms with van der Waals surface area (Å²) in [7, 11) is 1.62. The van der Waals surface area contributed by atoms with Crippen LogP contribution in [0, 0.1) is 0 Å². The average Bonchev–Trinajstić information content (AvgIpc) is 2.63. The maximum absolute atomic E-state index is 6.00. The van der Waals surface area contributed by atoms with E-state index in [1.165, 1.54) is 0 Å². The lowest BCUT2D eigenvalue weighted by molar-refractivity contribution is 0.143. The summed E-state index contributed by atoms with van der Waals surface area (Å²) in [5.74, 6) is 0.444. The molecule has 0 atom stereocenters. The van der Waals surface area contributed by atoms with Crippen LogP contribution in [0.1, 0.15) is 0 Å². The van der Waals surface area contributed by atoms with Gasteiger partial charge in [0.2, 0.25) is 5.88 Å². The summed E-state index contributed by atoms with van der Waals surface area (Å²) in [6.07, 6.45) is 1.61. The highest BCUT2D eigenvalue weighted by molar-refractivity contribution is 6.31. The first-order valence-electron chi connectivity index (χ1n) is 7.68. The summed E-state index contributed by atoms with van der Waals surface area (Å²) in [5.41, 5.74) is 3.29. The van der Waals surface area contributed by atoms with Gasteiger partial charge in [0.15, 0.2) is 0 Å². The van der Waals surface area contributed by atoms with Gasteiger partial charge in [0, 0.05) is 28.3 Å². The second-order valence-electron chi connectivity index (χ2n) is 5.26. The van der Waals surface area contributed by atoms with Crippen LogP contribution in [0.5, 0.6) is 5.88 Å². The Hall–Kier alpha value is -2.14. The third kappa shape index (κ3) is 4.48. The van der Waals surface area contributed by atoms with E-state index in [4.69, 9.17) is 32.7 Å². The lowest BCUT2D eigenvalue weighted by Crippen LogP contribution is -2.06. The molecule has 128 valence electrons. The number of rotatable bonds is 6. The van der Waals surface area contributed by atoms with E-state index in [9.17, 15) is 0 Å². The highest BCUT2D eigenvalue weighted by Crippen LogP contribution is 2.31. The molecule has 0 amide bonds. The number of halogens is 2. The fourth-order valence-electron chi connectivity index (χ4n) is 2.30. The summed E-state index contributed by atoms with van der Waals surface area (Å²) >= 11 is 12.0. The number of nitrogens with zero attached hydrogens (tertiary/aromatic N) is 2. The van der Waals surface area contributed by atoms with Gasteiger partial charge in [-0.2, -0.15) is 0 Å². The number of ether oxygens (including phenoxy) is 2. The van der Waals surface area contributed by atoms with Gasteiger partial charge in [-0.15, -0.1) is 0 Å². The van der Waals surface area contributed by atoms with Gasteiger partial charge in [-0.1, -0.05) is 47.5 Å². The van der Waals surface area contributed by atoms with Crippen molar-refractivity contribution >= 4 is 23.2 Å². The van der Waals surface area contributed by atoms with Crippen LogP contribution in [-0.2, 0) is 4.74 Å². The van der Waals surface area contributed by atoms with Gasteiger partial charge >= 0.3 is 0 Å². The minimum absolute atomic E-state index is 0.408. The molecule has 0 radical (unpaired) electrons. The van der Waals surface area contributed by atoms with E-state index in [0.717, 1.165) is 16.8 Å². The van der Waals surface area contributed by atoms with Gasteiger partial charge in [-0.3, -0.25) is 0 Å². The van der Waals surface area contributed by atoms with Crippen molar-refractivity contribution in [1.29, 1.82) is 0 Å². The molecule has 0 aliphatic heterocycles. The number of hydrogen-bond acceptors (Lipinski definition) is 4. The second kappa shape index (κ2) is 8.30. The maximum Gasteiger partial charge on any atom is 0.232 e. The van der Waals surface area contributed by atoms with Crippen molar-refractivity contribution in [3.8, 4) is 28.4 Å². The number of aromatic nitrogens is 2. The molecule has 3 rings (SSSR count). The van der Waals surface area contributed by atoms with Crippen molar-refractivity contribution in [2.75, 3.05) is 20.3 Å². The van der Waals surface area contributed by atoms with Crippen LogP contribution in [0.15, 0.2) is 54.7 Å². The Bertz CT molecular complexity index is 837. The predicted octanol–water partition coefficient (Wildman–Crippen LogP) is 5.14. The molecule has 0 saturated heterocycles. The molecule has 2 aromatic carbocycles. The highest BCUT2D eigenvalue weighted by atomic mass is 35.5. The zero-order valence-corrected chi connectivity index (χ0v) is 15.1. The van der Waals surface area contributed by atoms with E-state index >= 15 is 0 Å². The molecule has 0 unspecified atom stereocenters. The van der Waals surface area contributed by atoms with Crippen LogP contribution in [0.2, 0.25) is 10.0 Å². The molecule has 0 spiro atoms. The average molecular weight is 375 g/mol. The van der Waals surface area contributed by atoms with Gasteiger partial charge < -0.3 is 9.47 Å². The largest absolute Gasteiger partial charge is 0.474 e. The first kappa shape index (κ1) is 17.7. The summed E-state index contributed by atoms with van der Waals surface area (Å²) in [6, 6.07) is 14.9. The van der Waals surface area contributed by atoms with E-state index in [1.54, 1.807) is 13.3 Å². The lowest BCUT2D eigenvalue weighted by Gasteiger charge is -2.11. The normalized spacial score (nSPS) is 10.7. The minimum Gasteiger partial charge on any atom is -0.474 e. The standard InChI is InChI=1S/C19H16Cl2N2O2/c1-24-10-11-25-17-12-22-18(13-2-6-15(20)7-3-13)19(23-17)14-4-8-16(21)9-5-14/h2-9,12H,10-11H2,1H3. The van der Waals surface area contributed by atoms with Crippen LogP contribution in [0.4, 0.5) is 0 Å². The fourth-order valence-corrected chi connectivity index (χ4v) is 2.55. The fraction of sp³-hybridized carbons (Fsp3) is 0.158. The molecule has 6 heteroatoms. The Kier molecular flexibility index (Phi) is 5.87. The second-order valence-corrected chi connectivity index (χ2v) is 6.13. The molecule has 0 fully saturated rings. The third-order valence-corrected chi connectivity index (χ3v) is 4.03. The number of methoxy groups -OCH3 is 1. The minimum atomic E-state index is 0.408. The number of hydrogen-bond donors (Lipinski definition) is 0. The third-order valence-electron chi connectivity index (χ3n) is 3.52. The molecule has 0 aliphatic carbocycles. The molecule has 25 heavy (non-hydrogen) atoms. The molecule has 1 aromatic heterocycles. The summed E-state index contributed by atoms with van der Waals surface area (Å²) < 4.78 is 10.6. The Morgan fingerprint density at radius 3 is 1.92 bits per heavy atom. The SMILES string of the molecule is COCCOc1cnc(-c2ccc(Cl)cc2)c(-c2ccc(Cl)cc2)n1. The van der Waals surface area contributed by atoms with Crippen molar-refractivity contribution in [3.05, 3.63) is 64.8 Å². The van der Waals surface area contributed by atoms with E-state index in [2.05, 4.69) is 9.97 Å². The van der Waals surface area contributed by atoms with Crippen molar-refractivity contribution in [2.45, 2.75) is 0 Å². The highest BCUT2D eigenvalue weighted by Gasteiger charge is 2.13. The van der Waals surface area contributed by atoms with Gasteiger partial charge in [0.05, 0.1) is 18.5 Å². The molecule has 0 saturated carbocycles. The Morgan fingerprint density at radius 2 is 1.36 bits per heavy atom. The Labute approximate surface area is 156 Å². The van der Waals surface area contributed by atoms with E-state index < -0.39 is 0 Å². The zero-order valence-electron chi connectivity index (χ0n) is 13.6. The Balaban J connectivity index is 2.03. The number of benzene rings is 2. The van der Waals surface area contributed by atoms with Gasteiger partial charge in [0.25, 0.3) is 0 Å². The quantitative estimate of drug-likeness (QED) is 0.560. The van der Waals surface area contributed by atoms with Crippen LogP contribution in [-0.4, -0.2) is 30.3 Å². The smallest absolute Gasteiger partial charge is 0.232 e. The molecule has 0 N–H and O–H groups in total.